The monoisotopic (exact) mass is 351 g/mol. The second-order valence-electron chi connectivity index (χ2n) is 5.99. The van der Waals surface area contributed by atoms with Gasteiger partial charge in [-0.05, 0) is 54.4 Å². The molecule has 1 aromatic heterocycles. The maximum atomic E-state index is 12.2. The van der Waals surface area contributed by atoms with E-state index in [-0.39, 0.29) is 11.8 Å². The molecule has 6 nitrogen and oxygen atoms in total. The van der Waals surface area contributed by atoms with Gasteiger partial charge in [0.1, 0.15) is 5.75 Å². The van der Waals surface area contributed by atoms with Gasteiger partial charge in [0, 0.05) is 41.8 Å². The van der Waals surface area contributed by atoms with Gasteiger partial charge in [0.05, 0.1) is 7.11 Å². The molecule has 3 rings (SSSR count). The predicted octanol–water partition coefficient (Wildman–Crippen LogP) is 3.11. The molecule has 0 fully saturated rings. The van der Waals surface area contributed by atoms with Crippen molar-refractivity contribution in [2.45, 2.75) is 13.3 Å². The van der Waals surface area contributed by atoms with Gasteiger partial charge in [-0.1, -0.05) is 0 Å². The Hall–Kier alpha value is -3.28. The van der Waals surface area contributed by atoms with Gasteiger partial charge in [0.25, 0.3) is 5.91 Å². The summed E-state index contributed by atoms with van der Waals surface area (Å²) >= 11 is 0. The molecule has 3 aromatic rings. The smallest absolute Gasteiger partial charge is 0.251 e. The summed E-state index contributed by atoms with van der Waals surface area (Å²) in [5, 5.41) is 6.69. The molecular formula is C20H21N3O3. The first kappa shape index (κ1) is 17.5. The molecule has 2 aromatic carbocycles. The van der Waals surface area contributed by atoms with Crippen LogP contribution in [0, 0.1) is 0 Å². The Morgan fingerprint density at radius 2 is 1.88 bits per heavy atom. The van der Waals surface area contributed by atoms with E-state index >= 15 is 0 Å². The number of benzene rings is 2. The molecule has 1 heterocycles. The summed E-state index contributed by atoms with van der Waals surface area (Å²) in [6.07, 6.45) is 2.67. The van der Waals surface area contributed by atoms with Crippen LogP contribution >= 0.6 is 0 Å². The third-order valence-electron chi connectivity index (χ3n) is 4.12. The van der Waals surface area contributed by atoms with Gasteiger partial charge < -0.3 is 20.4 Å². The van der Waals surface area contributed by atoms with Crippen molar-refractivity contribution in [1.29, 1.82) is 0 Å². The highest BCUT2D eigenvalue weighted by molar-refractivity contribution is 5.95. The summed E-state index contributed by atoms with van der Waals surface area (Å²) in [7, 11) is 1.64. The number of anilines is 1. The van der Waals surface area contributed by atoms with Crippen LogP contribution in [0.25, 0.3) is 10.9 Å². The molecule has 0 saturated carbocycles. The van der Waals surface area contributed by atoms with Crippen LogP contribution in [-0.4, -0.2) is 30.5 Å². The van der Waals surface area contributed by atoms with Gasteiger partial charge in [0.2, 0.25) is 5.91 Å². The van der Waals surface area contributed by atoms with Crippen molar-refractivity contribution in [1.82, 2.24) is 10.3 Å². The third kappa shape index (κ3) is 4.03. The van der Waals surface area contributed by atoms with Crippen LogP contribution in [0.5, 0.6) is 5.75 Å². The number of amides is 2. The highest BCUT2D eigenvalue weighted by Crippen LogP contribution is 2.23. The van der Waals surface area contributed by atoms with Crippen LogP contribution in [0.1, 0.15) is 22.8 Å². The Labute approximate surface area is 151 Å². The van der Waals surface area contributed by atoms with E-state index in [1.165, 1.54) is 6.92 Å². The van der Waals surface area contributed by atoms with Crippen LogP contribution in [0.4, 0.5) is 5.69 Å². The minimum Gasteiger partial charge on any atom is -0.497 e. The fraction of sp³-hybridized carbons (Fsp3) is 0.200. The maximum absolute atomic E-state index is 12.2. The summed E-state index contributed by atoms with van der Waals surface area (Å²) < 4.78 is 5.27. The van der Waals surface area contributed by atoms with Crippen molar-refractivity contribution < 1.29 is 14.3 Å². The number of aromatic nitrogens is 1. The number of carbonyl (C=O) groups excluding carboxylic acids is 2. The number of nitrogens with one attached hydrogen (secondary N) is 3. The first-order chi connectivity index (χ1) is 12.6. The van der Waals surface area contributed by atoms with Gasteiger partial charge in [-0.3, -0.25) is 9.59 Å². The first-order valence-electron chi connectivity index (χ1n) is 8.36. The Balaban J connectivity index is 1.59. The number of hydrogen-bond donors (Lipinski definition) is 3. The molecule has 0 unspecified atom stereocenters. The molecule has 0 spiro atoms. The summed E-state index contributed by atoms with van der Waals surface area (Å²) in [4.78, 5) is 26.5. The largest absolute Gasteiger partial charge is 0.497 e. The van der Waals surface area contributed by atoms with Crippen LogP contribution in [0.2, 0.25) is 0 Å². The van der Waals surface area contributed by atoms with E-state index in [2.05, 4.69) is 15.6 Å². The zero-order valence-corrected chi connectivity index (χ0v) is 14.8. The molecule has 6 heteroatoms. The lowest BCUT2D eigenvalue weighted by atomic mass is 10.1. The SMILES string of the molecule is COc1ccc2[nH]cc(CCNC(=O)c3ccc(NC(C)=O)cc3)c2c1. The van der Waals surface area contributed by atoms with Crippen molar-refractivity contribution in [3.05, 3.63) is 59.8 Å². The van der Waals surface area contributed by atoms with Crippen molar-refractivity contribution in [2.24, 2.45) is 0 Å². The van der Waals surface area contributed by atoms with Crippen molar-refractivity contribution in [3.8, 4) is 5.75 Å². The molecule has 3 N–H and O–H groups in total. The fourth-order valence-corrected chi connectivity index (χ4v) is 2.81. The highest BCUT2D eigenvalue weighted by Gasteiger charge is 2.08. The Bertz CT molecular complexity index is 929. The van der Waals surface area contributed by atoms with E-state index in [4.69, 9.17) is 4.74 Å². The highest BCUT2D eigenvalue weighted by atomic mass is 16.5. The zero-order chi connectivity index (χ0) is 18.5. The van der Waals surface area contributed by atoms with Gasteiger partial charge in [-0.2, -0.15) is 0 Å². The molecule has 0 aliphatic rings. The average molecular weight is 351 g/mol. The number of aromatic amines is 1. The lowest BCUT2D eigenvalue weighted by Crippen LogP contribution is -2.25. The Kier molecular flexibility index (Phi) is 5.22. The minimum absolute atomic E-state index is 0.141. The molecule has 0 atom stereocenters. The molecule has 0 aliphatic carbocycles. The number of hydrogen-bond acceptors (Lipinski definition) is 3. The van der Waals surface area contributed by atoms with Crippen molar-refractivity contribution in [3.63, 3.8) is 0 Å². The number of rotatable bonds is 6. The molecule has 0 aliphatic heterocycles. The Morgan fingerprint density at radius 3 is 2.58 bits per heavy atom. The molecule has 26 heavy (non-hydrogen) atoms. The first-order valence-corrected chi connectivity index (χ1v) is 8.36. The number of fused-ring (bicyclic) bond motifs is 1. The van der Waals surface area contributed by atoms with Crippen molar-refractivity contribution >= 4 is 28.4 Å². The minimum atomic E-state index is -0.142. The van der Waals surface area contributed by atoms with Crippen molar-refractivity contribution in [2.75, 3.05) is 19.0 Å². The Morgan fingerprint density at radius 1 is 1.12 bits per heavy atom. The standard InChI is InChI=1S/C20H21N3O3/c1-13(24)23-16-5-3-14(4-6-16)20(25)21-10-9-15-12-22-19-8-7-17(26-2)11-18(15)19/h3-8,11-12,22H,9-10H2,1-2H3,(H,21,25)(H,23,24). The second-order valence-corrected chi connectivity index (χ2v) is 5.99. The van der Waals surface area contributed by atoms with E-state index < -0.39 is 0 Å². The molecule has 0 bridgehead atoms. The van der Waals surface area contributed by atoms with Crippen LogP contribution < -0.4 is 15.4 Å². The third-order valence-corrected chi connectivity index (χ3v) is 4.12. The lowest BCUT2D eigenvalue weighted by Gasteiger charge is -2.07. The van der Waals surface area contributed by atoms with Crippen LogP contribution in [0.3, 0.4) is 0 Å². The van der Waals surface area contributed by atoms with E-state index in [1.807, 2.05) is 24.4 Å². The summed E-state index contributed by atoms with van der Waals surface area (Å²) in [6, 6.07) is 12.7. The number of ether oxygens (including phenoxy) is 1. The second kappa shape index (κ2) is 7.74. The fourth-order valence-electron chi connectivity index (χ4n) is 2.81. The maximum Gasteiger partial charge on any atom is 0.251 e. The van der Waals surface area contributed by atoms with E-state index in [9.17, 15) is 9.59 Å². The van der Waals surface area contributed by atoms with Gasteiger partial charge in [0.15, 0.2) is 0 Å². The topological polar surface area (TPSA) is 83.2 Å². The summed E-state index contributed by atoms with van der Waals surface area (Å²) in [5.41, 5.74) is 3.39. The predicted molar refractivity (Wildman–Crippen MR) is 102 cm³/mol. The molecule has 0 saturated heterocycles. The lowest BCUT2D eigenvalue weighted by molar-refractivity contribution is -0.114. The van der Waals surface area contributed by atoms with Gasteiger partial charge in [-0.15, -0.1) is 0 Å². The van der Waals surface area contributed by atoms with E-state index in [0.29, 0.717) is 24.2 Å². The van der Waals surface area contributed by atoms with E-state index in [0.717, 1.165) is 22.2 Å². The summed E-state index contributed by atoms with van der Waals surface area (Å²) in [6.45, 7) is 1.97. The number of carbonyl (C=O) groups is 2. The van der Waals surface area contributed by atoms with Gasteiger partial charge in [-0.25, -0.2) is 0 Å². The molecule has 2 amide bonds. The van der Waals surface area contributed by atoms with E-state index in [1.54, 1.807) is 31.4 Å². The average Bonchev–Trinajstić information content (AvgIpc) is 3.04. The zero-order valence-electron chi connectivity index (χ0n) is 14.8. The number of H-pyrrole nitrogens is 1. The van der Waals surface area contributed by atoms with Gasteiger partial charge >= 0.3 is 0 Å². The molecule has 0 radical (unpaired) electrons. The quantitative estimate of drug-likeness (QED) is 0.638. The number of methoxy groups -OCH3 is 1. The summed E-state index contributed by atoms with van der Waals surface area (Å²) in [5.74, 6) is 0.524. The van der Waals surface area contributed by atoms with Crippen LogP contribution in [-0.2, 0) is 11.2 Å². The molecule has 134 valence electrons. The van der Waals surface area contributed by atoms with Crippen LogP contribution in [0.15, 0.2) is 48.7 Å². The normalized spacial score (nSPS) is 10.5. The molecular weight excluding hydrogens is 330 g/mol.